The molecule has 2 aromatic carbocycles. The Balaban J connectivity index is 1.61. The van der Waals surface area contributed by atoms with Gasteiger partial charge in [-0.25, -0.2) is 14.4 Å². The van der Waals surface area contributed by atoms with Crippen LogP contribution in [0.3, 0.4) is 0 Å². The summed E-state index contributed by atoms with van der Waals surface area (Å²) in [6.07, 6.45) is 2.48. The lowest BCUT2D eigenvalue weighted by Gasteiger charge is -2.24. The normalized spacial score (nSPS) is 11.0. The molecule has 0 atom stereocenters. The van der Waals surface area contributed by atoms with E-state index < -0.39 is 0 Å². The van der Waals surface area contributed by atoms with Crippen LogP contribution in [0, 0.1) is 5.82 Å². The van der Waals surface area contributed by atoms with Gasteiger partial charge in [-0.05, 0) is 54.6 Å². The van der Waals surface area contributed by atoms with Crippen LogP contribution in [0.1, 0.15) is 24.9 Å². The zero-order valence-electron chi connectivity index (χ0n) is 17.5. The summed E-state index contributed by atoms with van der Waals surface area (Å²) in [5, 5.41) is 4.24. The number of fused-ring (bicyclic) bond motifs is 1. The van der Waals surface area contributed by atoms with Crippen molar-refractivity contribution in [1.29, 1.82) is 0 Å². The Morgan fingerprint density at radius 1 is 1.16 bits per heavy atom. The van der Waals surface area contributed by atoms with Crippen molar-refractivity contribution in [3.8, 4) is 0 Å². The van der Waals surface area contributed by atoms with Gasteiger partial charge in [0.1, 0.15) is 23.2 Å². The van der Waals surface area contributed by atoms with E-state index in [2.05, 4.69) is 10.3 Å². The second-order valence-corrected chi connectivity index (χ2v) is 7.72. The number of nitrogens with zero attached hydrogens (tertiary/aromatic N) is 3. The fourth-order valence-corrected chi connectivity index (χ4v) is 3.54. The number of furan rings is 1. The molecule has 1 amide bonds. The Kier molecular flexibility index (Phi) is 6.66. The average molecular weight is 453 g/mol. The smallest absolute Gasteiger partial charge is 0.226 e. The number of halogens is 2. The van der Waals surface area contributed by atoms with Crippen molar-refractivity contribution in [2.75, 3.05) is 16.8 Å². The zero-order chi connectivity index (χ0) is 22.5. The monoisotopic (exact) mass is 452 g/mol. The maximum absolute atomic E-state index is 13.1. The fourth-order valence-electron chi connectivity index (χ4n) is 3.38. The number of anilines is 2. The number of carbonyl (C=O) groups is 1. The molecule has 0 radical (unpaired) electrons. The molecule has 4 rings (SSSR count). The molecule has 0 aliphatic carbocycles. The van der Waals surface area contributed by atoms with E-state index >= 15 is 0 Å². The summed E-state index contributed by atoms with van der Waals surface area (Å²) in [7, 11) is 0. The second-order valence-electron chi connectivity index (χ2n) is 7.28. The van der Waals surface area contributed by atoms with Crippen molar-refractivity contribution in [3.63, 3.8) is 0 Å². The summed E-state index contributed by atoms with van der Waals surface area (Å²) in [5.74, 6) is 1.63. The predicted molar refractivity (Wildman–Crippen MR) is 123 cm³/mol. The highest BCUT2D eigenvalue weighted by atomic mass is 35.5. The van der Waals surface area contributed by atoms with Gasteiger partial charge in [0.05, 0.1) is 18.3 Å². The summed E-state index contributed by atoms with van der Waals surface area (Å²) < 4.78 is 18.7. The lowest BCUT2D eigenvalue weighted by molar-refractivity contribution is -0.116. The highest BCUT2D eigenvalue weighted by Gasteiger charge is 2.18. The number of benzene rings is 2. The van der Waals surface area contributed by atoms with Crippen LogP contribution in [0.25, 0.3) is 10.9 Å². The summed E-state index contributed by atoms with van der Waals surface area (Å²) in [4.78, 5) is 23.9. The first-order valence-electron chi connectivity index (χ1n) is 10.3. The van der Waals surface area contributed by atoms with Gasteiger partial charge in [-0.3, -0.25) is 4.79 Å². The van der Waals surface area contributed by atoms with Crippen molar-refractivity contribution in [1.82, 2.24) is 9.97 Å². The third-order valence-corrected chi connectivity index (χ3v) is 5.20. The molecule has 0 saturated heterocycles. The molecule has 0 bridgehead atoms. The second kappa shape index (κ2) is 9.78. The van der Waals surface area contributed by atoms with Crippen molar-refractivity contribution in [2.45, 2.75) is 26.3 Å². The first-order chi connectivity index (χ1) is 15.5. The quantitative estimate of drug-likeness (QED) is 0.376. The van der Waals surface area contributed by atoms with Gasteiger partial charge in [0.25, 0.3) is 0 Å². The number of amides is 1. The minimum absolute atomic E-state index is 0.182. The third kappa shape index (κ3) is 5.23. The number of aryl methyl sites for hydroxylation is 1. The van der Waals surface area contributed by atoms with Crippen LogP contribution in [0.5, 0.6) is 0 Å². The number of nitrogens with one attached hydrogen (secondary N) is 1. The van der Waals surface area contributed by atoms with Crippen molar-refractivity contribution < 1.29 is 13.6 Å². The maximum Gasteiger partial charge on any atom is 0.226 e. The lowest BCUT2D eigenvalue weighted by atomic mass is 10.2. The Morgan fingerprint density at radius 3 is 2.69 bits per heavy atom. The van der Waals surface area contributed by atoms with Gasteiger partial charge in [0, 0.05) is 35.5 Å². The third-order valence-electron chi connectivity index (χ3n) is 4.96. The number of aromatic nitrogens is 2. The first kappa shape index (κ1) is 21.8. The van der Waals surface area contributed by atoms with E-state index in [1.54, 1.807) is 12.3 Å². The molecule has 0 unspecified atom stereocenters. The van der Waals surface area contributed by atoms with Gasteiger partial charge in [-0.1, -0.05) is 18.5 Å². The van der Waals surface area contributed by atoms with E-state index in [1.165, 1.54) is 24.3 Å². The van der Waals surface area contributed by atoms with E-state index in [0.717, 1.165) is 22.5 Å². The van der Waals surface area contributed by atoms with Crippen LogP contribution < -0.4 is 10.2 Å². The van der Waals surface area contributed by atoms with Gasteiger partial charge in [-0.2, -0.15) is 0 Å². The lowest BCUT2D eigenvalue weighted by Crippen LogP contribution is -2.28. The molecule has 8 heteroatoms. The van der Waals surface area contributed by atoms with Crippen LogP contribution >= 0.6 is 11.6 Å². The molecule has 164 valence electrons. The molecular weight excluding hydrogens is 431 g/mol. The highest BCUT2D eigenvalue weighted by Crippen LogP contribution is 2.28. The first-order valence-corrected chi connectivity index (χ1v) is 10.7. The largest absolute Gasteiger partial charge is 0.467 e. The zero-order valence-corrected chi connectivity index (χ0v) is 18.3. The van der Waals surface area contributed by atoms with Crippen molar-refractivity contribution in [3.05, 3.63) is 83.3 Å². The Hall–Kier alpha value is -3.45. The molecule has 1 N–H and O–H groups in total. The van der Waals surface area contributed by atoms with Gasteiger partial charge in [0.15, 0.2) is 0 Å². The van der Waals surface area contributed by atoms with Gasteiger partial charge in [-0.15, -0.1) is 0 Å². The molecule has 6 nitrogen and oxygen atoms in total. The van der Waals surface area contributed by atoms with Crippen LogP contribution in [0.15, 0.2) is 65.3 Å². The van der Waals surface area contributed by atoms with Crippen LogP contribution in [-0.2, 0) is 17.8 Å². The Bertz CT molecular complexity index is 1210. The summed E-state index contributed by atoms with van der Waals surface area (Å²) in [5.41, 5.74) is 1.30. The molecule has 4 aromatic rings. The molecular formula is C24H22ClFN4O2. The van der Waals surface area contributed by atoms with E-state index in [9.17, 15) is 9.18 Å². The predicted octanol–water partition coefficient (Wildman–Crippen LogP) is 5.61. The fraction of sp³-hybridized carbons (Fsp3) is 0.208. The highest BCUT2D eigenvalue weighted by molar-refractivity contribution is 6.31. The number of carbonyl (C=O) groups excluding carboxylic acids is 1. The van der Waals surface area contributed by atoms with Gasteiger partial charge < -0.3 is 14.6 Å². The molecule has 0 aliphatic heterocycles. The van der Waals surface area contributed by atoms with E-state index in [4.69, 9.17) is 21.0 Å². The summed E-state index contributed by atoms with van der Waals surface area (Å²) in [6.45, 7) is 2.82. The molecule has 2 heterocycles. The molecule has 0 fully saturated rings. The van der Waals surface area contributed by atoms with E-state index in [0.29, 0.717) is 36.0 Å². The van der Waals surface area contributed by atoms with E-state index in [1.807, 2.05) is 36.1 Å². The Labute approximate surface area is 190 Å². The van der Waals surface area contributed by atoms with Crippen molar-refractivity contribution >= 4 is 39.9 Å². The molecule has 0 spiro atoms. The van der Waals surface area contributed by atoms with Crippen LogP contribution in [0.2, 0.25) is 5.02 Å². The summed E-state index contributed by atoms with van der Waals surface area (Å²) in [6, 6.07) is 14.9. The summed E-state index contributed by atoms with van der Waals surface area (Å²) >= 11 is 6.19. The standard InChI is InChI=1S/C24H22ClFN4O2/c1-2-22-28-21-14-16(25)5-10-20(21)24(29-22)30(15-19-4-3-13-32-19)12-11-23(31)27-18-8-6-17(26)7-9-18/h3-10,13-14H,2,11-12,15H2,1H3,(H,27,31). The Morgan fingerprint density at radius 2 is 1.97 bits per heavy atom. The average Bonchev–Trinajstić information content (AvgIpc) is 3.30. The van der Waals surface area contributed by atoms with Crippen molar-refractivity contribution in [2.24, 2.45) is 0 Å². The minimum Gasteiger partial charge on any atom is -0.467 e. The molecule has 0 saturated carbocycles. The minimum atomic E-state index is -0.352. The van der Waals surface area contributed by atoms with Gasteiger partial charge in [0.2, 0.25) is 5.91 Å². The van der Waals surface area contributed by atoms with E-state index in [-0.39, 0.29) is 18.1 Å². The number of hydrogen-bond acceptors (Lipinski definition) is 5. The van der Waals surface area contributed by atoms with Gasteiger partial charge >= 0.3 is 0 Å². The number of hydrogen-bond donors (Lipinski definition) is 1. The van der Waals surface area contributed by atoms with Crippen LogP contribution in [0.4, 0.5) is 15.9 Å². The SMILES string of the molecule is CCc1nc(N(CCC(=O)Nc2ccc(F)cc2)Cc2ccco2)c2ccc(Cl)cc2n1. The number of rotatable bonds is 8. The molecule has 32 heavy (non-hydrogen) atoms. The molecule has 2 aromatic heterocycles. The molecule has 0 aliphatic rings. The van der Waals surface area contributed by atoms with Crippen LogP contribution in [-0.4, -0.2) is 22.4 Å². The topological polar surface area (TPSA) is 71.3 Å². The maximum atomic E-state index is 13.1.